The number of carbonyl (C=O) groups is 1. The van der Waals surface area contributed by atoms with Crippen LogP contribution in [0.25, 0.3) is 16.5 Å². The van der Waals surface area contributed by atoms with Crippen molar-refractivity contribution in [1.29, 1.82) is 0 Å². The van der Waals surface area contributed by atoms with Gasteiger partial charge in [0, 0.05) is 11.6 Å². The Hall–Kier alpha value is -2.27. The zero-order valence-electron chi connectivity index (χ0n) is 11.6. The molecule has 0 aliphatic carbocycles. The van der Waals surface area contributed by atoms with E-state index in [1.807, 2.05) is 6.08 Å². The minimum Gasteiger partial charge on any atom is -0.465 e. The lowest BCUT2D eigenvalue weighted by molar-refractivity contribution is 0.0602. The predicted octanol–water partition coefficient (Wildman–Crippen LogP) is 2.96. The number of pyridine rings is 1. The minimum atomic E-state index is -0.523. The number of esters is 1. The predicted molar refractivity (Wildman–Crippen MR) is 76.5 cm³/mol. The fourth-order valence-corrected chi connectivity index (χ4v) is 2.43. The third-order valence-corrected chi connectivity index (χ3v) is 3.54. The highest BCUT2D eigenvalue weighted by Crippen LogP contribution is 2.27. The second-order valence-corrected chi connectivity index (χ2v) is 4.76. The monoisotopic (exact) mass is 287 g/mol. The van der Waals surface area contributed by atoms with Crippen LogP contribution in [0.5, 0.6) is 0 Å². The number of aromatic nitrogens is 1. The van der Waals surface area contributed by atoms with Crippen molar-refractivity contribution in [2.45, 2.75) is 6.42 Å². The molecule has 1 aromatic heterocycles. The van der Waals surface area contributed by atoms with Crippen LogP contribution >= 0.6 is 0 Å². The highest BCUT2D eigenvalue weighted by Gasteiger charge is 2.16. The number of benzene rings is 1. The first kappa shape index (κ1) is 13.7. The van der Waals surface area contributed by atoms with Crippen LogP contribution in [0, 0.1) is 5.82 Å². The Labute approximate surface area is 121 Å². The van der Waals surface area contributed by atoms with Crippen LogP contribution in [0.2, 0.25) is 0 Å². The number of methoxy groups -OCH3 is 1. The molecule has 108 valence electrons. The molecule has 2 aromatic rings. The molecule has 0 bridgehead atoms. The molecule has 2 heterocycles. The van der Waals surface area contributed by atoms with Crippen LogP contribution < -0.4 is 0 Å². The standard InChI is InChI=1S/C16H14FNO3/c1-20-16(19)12-2-3-14(17)13-8-11(9-18-15(12)13)10-4-6-21-7-5-10/h2-4,8-9H,5-7H2,1H3. The molecule has 0 fully saturated rings. The van der Waals surface area contributed by atoms with Gasteiger partial charge in [0.15, 0.2) is 0 Å². The second-order valence-electron chi connectivity index (χ2n) is 4.76. The fourth-order valence-electron chi connectivity index (χ4n) is 2.43. The maximum Gasteiger partial charge on any atom is 0.340 e. The molecule has 3 rings (SSSR count). The molecule has 0 radical (unpaired) electrons. The zero-order chi connectivity index (χ0) is 14.8. The summed E-state index contributed by atoms with van der Waals surface area (Å²) in [4.78, 5) is 16.0. The summed E-state index contributed by atoms with van der Waals surface area (Å²) in [7, 11) is 1.29. The summed E-state index contributed by atoms with van der Waals surface area (Å²) in [6.45, 7) is 1.20. The van der Waals surface area contributed by atoms with Gasteiger partial charge in [0.2, 0.25) is 0 Å². The van der Waals surface area contributed by atoms with Gasteiger partial charge in [-0.1, -0.05) is 6.08 Å². The first-order chi connectivity index (χ1) is 10.2. The van der Waals surface area contributed by atoms with E-state index in [1.54, 1.807) is 12.3 Å². The van der Waals surface area contributed by atoms with E-state index in [4.69, 9.17) is 9.47 Å². The third kappa shape index (κ3) is 2.52. The number of hydrogen-bond acceptors (Lipinski definition) is 4. The number of nitrogens with zero attached hydrogens (tertiary/aromatic N) is 1. The van der Waals surface area contributed by atoms with E-state index in [0.29, 0.717) is 24.1 Å². The molecule has 1 aromatic carbocycles. The summed E-state index contributed by atoms with van der Waals surface area (Å²) >= 11 is 0. The molecule has 1 aliphatic heterocycles. The largest absolute Gasteiger partial charge is 0.465 e. The molecule has 5 heteroatoms. The molecule has 0 unspecified atom stereocenters. The normalized spacial score (nSPS) is 14.9. The Morgan fingerprint density at radius 3 is 3.00 bits per heavy atom. The van der Waals surface area contributed by atoms with Crippen LogP contribution in [0.1, 0.15) is 22.3 Å². The van der Waals surface area contributed by atoms with Crippen molar-refractivity contribution in [1.82, 2.24) is 4.98 Å². The van der Waals surface area contributed by atoms with Crippen LogP contribution in [0.15, 0.2) is 30.5 Å². The third-order valence-electron chi connectivity index (χ3n) is 3.54. The minimum absolute atomic E-state index is 0.265. The van der Waals surface area contributed by atoms with Gasteiger partial charge in [-0.2, -0.15) is 0 Å². The maximum absolute atomic E-state index is 14.0. The number of halogens is 1. The highest BCUT2D eigenvalue weighted by atomic mass is 19.1. The Bertz CT molecular complexity index is 740. The molecule has 0 spiro atoms. The Morgan fingerprint density at radius 1 is 1.43 bits per heavy atom. The highest BCUT2D eigenvalue weighted by molar-refractivity contribution is 6.03. The molecular weight excluding hydrogens is 273 g/mol. The SMILES string of the molecule is COC(=O)c1ccc(F)c2cc(C3=CCOCC3)cnc12. The topological polar surface area (TPSA) is 48.4 Å². The average Bonchev–Trinajstić information content (AvgIpc) is 2.55. The van der Waals surface area contributed by atoms with Crippen LogP contribution in [0.4, 0.5) is 4.39 Å². The Balaban J connectivity index is 2.15. The van der Waals surface area contributed by atoms with Crippen LogP contribution in [-0.2, 0) is 9.47 Å². The van der Waals surface area contributed by atoms with Crippen molar-refractivity contribution < 1.29 is 18.7 Å². The van der Waals surface area contributed by atoms with Gasteiger partial charge in [0.1, 0.15) is 5.82 Å². The number of carbonyl (C=O) groups excluding carboxylic acids is 1. The number of ether oxygens (including phenoxy) is 2. The summed E-state index contributed by atoms with van der Waals surface area (Å²) < 4.78 is 24.0. The molecule has 1 aliphatic rings. The molecule has 0 saturated carbocycles. The van der Waals surface area contributed by atoms with E-state index in [2.05, 4.69) is 4.98 Å². The van der Waals surface area contributed by atoms with Crippen LogP contribution in [-0.4, -0.2) is 31.3 Å². The van der Waals surface area contributed by atoms with Gasteiger partial charge >= 0.3 is 5.97 Å². The lowest BCUT2D eigenvalue weighted by Gasteiger charge is -2.14. The van der Waals surface area contributed by atoms with Crippen molar-refractivity contribution >= 4 is 22.4 Å². The summed E-state index contributed by atoms with van der Waals surface area (Å²) in [6, 6.07) is 4.38. The van der Waals surface area contributed by atoms with Crippen molar-refractivity contribution in [3.63, 3.8) is 0 Å². The maximum atomic E-state index is 14.0. The van der Waals surface area contributed by atoms with E-state index in [9.17, 15) is 9.18 Å². The summed E-state index contributed by atoms with van der Waals surface area (Å²) in [5.41, 5.74) is 2.52. The van der Waals surface area contributed by atoms with Crippen molar-refractivity contribution in [2.24, 2.45) is 0 Å². The number of hydrogen-bond donors (Lipinski definition) is 0. The quantitative estimate of drug-likeness (QED) is 0.797. The molecule has 0 N–H and O–H groups in total. The molecule has 4 nitrogen and oxygen atoms in total. The second kappa shape index (κ2) is 5.61. The van der Waals surface area contributed by atoms with Gasteiger partial charge in [-0.15, -0.1) is 0 Å². The van der Waals surface area contributed by atoms with Crippen molar-refractivity contribution in [2.75, 3.05) is 20.3 Å². The molecule has 21 heavy (non-hydrogen) atoms. The lowest BCUT2D eigenvalue weighted by atomic mass is 10.0. The number of fused-ring (bicyclic) bond motifs is 1. The van der Waals surface area contributed by atoms with Gasteiger partial charge in [-0.25, -0.2) is 9.18 Å². The van der Waals surface area contributed by atoms with E-state index in [0.717, 1.165) is 17.6 Å². The van der Waals surface area contributed by atoms with E-state index >= 15 is 0 Å². The molecular formula is C16H14FNO3. The van der Waals surface area contributed by atoms with Gasteiger partial charge in [-0.05, 0) is 35.8 Å². The van der Waals surface area contributed by atoms with Crippen molar-refractivity contribution in [3.8, 4) is 0 Å². The zero-order valence-corrected chi connectivity index (χ0v) is 11.6. The molecule has 0 saturated heterocycles. The van der Waals surface area contributed by atoms with E-state index in [-0.39, 0.29) is 5.56 Å². The van der Waals surface area contributed by atoms with Gasteiger partial charge in [-0.3, -0.25) is 4.98 Å². The summed E-state index contributed by atoms with van der Waals surface area (Å²) in [6.07, 6.45) is 4.39. The first-order valence-corrected chi connectivity index (χ1v) is 6.64. The van der Waals surface area contributed by atoms with Gasteiger partial charge < -0.3 is 9.47 Å². The summed E-state index contributed by atoms with van der Waals surface area (Å²) in [5, 5.41) is 0.322. The van der Waals surface area contributed by atoms with Gasteiger partial charge in [0.05, 0.1) is 31.4 Å². The van der Waals surface area contributed by atoms with E-state index < -0.39 is 11.8 Å². The van der Waals surface area contributed by atoms with Crippen LogP contribution in [0.3, 0.4) is 0 Å². The molecule has 0 atom stereocenters. The molecule has 0 amide bonds. The Kier molecular flexibility index (Phi) is 3.66. The van der Waals surface area contributed by atoms with Crippen molar-refractivity contribution in [3.05, 3.63) is 47.4 Å². The lowest BCUT2D eigenvalue weighted by Crippen LogP contribution is -2.06. The number of rotatable bonds is 2. The van der Waals surface area contributed by atoms with E-state index in [1.165, 1.54) is 19.2 Å². The Morgan fingerprint density at radius 2 is 2.29 bits per heavy atom. The fraction of sp³-hybridized carbons (Fsp3) is 0.250. The summed E-state index contributed by atoms with van der Waals surface area (Å²) in [5.74, 6) is -0.926. The first-order valence-electron chi connectivity index (χ1n) is 6.64. The van der Waals surface area contributed by atoms with Gasteiger partial charge in [0.25, 0.3) is 0 Å². The smallest absolute Gasteiger partial charge is 0.340 e. The average molecular weight is 287 g/mol.